The average Bonchev–Trinajstić information content (AvgIpc) is 2.70. The molecule has 0 bridgehead atoms. The zero-order valence-electron chi connectivity index (χ0n) is 8.26. The van der Waals surface area contributed by atoms with E-state index >= 15 is 0 Å². The molecule has 1 atom stereocenters. The third-order valence-electron chi connectivity index (χ3n) is 2.19. The predicted octanol–water partition coefficient (Wildman–Crippen LogP) is 1.30. The van der Waals surface area contributed by atoms with Gasteiger partial charge in [0.2, 0.25) is 11.7 Å². The van der Waals surface area contributed by atoms with Crippen LogP contribution in [0.4, 0.5) is 10.1 Å². The highest BCUT2D eigenvalue weighted by molar-refractivity contribution is 5.43. The Labute approximate surface area is 90.2 Å². The van der Waals surface area contributed by atoms with Crippen molar-refractivity contribution >= 4 is 5.69 Å². The van der Waals surface area contributed by atoms with Gasteiger partial charge in [-0.05, 0) is 0 Å². The molecule has 1 aromatic heterocycles. The number of pyridine rings is 1. The number of rotatable bonds is 3. The summed E-state index contributed by atoms with van der Waals surface area (Å²) in [7, 11) is 0. The number of nitrogens with zero attached hydrogens (tertiary/aromatic N) is 2. The lowest BCUT2D eigenvalue weighted by Crippen LogP contribution is -2.16. The van der Waals surface area contributed by atoms with E-state index in [1.165, 1.54) is 0 Å². The summed E-state index contributed by atoms with van der Waals surface area (Å²) in [6.45, 7) is 0.910. The van der Waals surface area contributed by atoms with Gasteiger partial charge in [-0.2, -0.15) is 4.39 Å². The van der Waals surface area contributed by atoms with Crippen LogP contribution in [-0.4, -0.2) is 29.2 Å². The normalized spacial score (nSPS) is 19.7. The van der Waals surface area contributed by atoms with Gasteiger partial charge in [-0.3, -0.25) is 10.1 Å². The molecule has 0 aliphatic carbocycles. The maximum absolute atomic E-state index is 12.8. The number of aromatic nitrogens is 1. The largest absolute Gasteiger partial charge is 0.481 e. The highest BCUT2D eigenvalue weighted by Gasteiger charge is 2.23. The Bertz CT molecular complexity index is 406. The molecule has 1 aliphatic rings. The number of halogens is 1. The van der Waals surface area contributed by atoms with Crippen LogP contribution < -0.4 is 4.74 Å². The molecule has 86 valence electrons. The monoisotopic (exact) mass is 228 g/mol. The lowest BCUT2D eigenvalue weighted by atomic mass is 10.3. The van der Waals surface area contributed by atoms with Crippen molar-refractivity contribution in [3.8, 4) is 5.75 Å². The molecule has 0 aromatic carbocycles. The molecule has 1 fully saturated rings. The zero-order valence-corrected chi connectivity index (χ0v) is 8.26. The van der Waals surface area contributed by atoms with Gasteiger partial charge in [0.05, 0.1) is 18.1 Å². The number of hydrogen-bond donors (Lipinski definition) is 0. The quantitative estimate of drug-likeness (QED) is 0.442. The van der Waals surface area contributed by atoms with Crippen molar-refractivity contribution in [2.75, 3.05) is 13.2 Å². The molecule has 0 radical (unpaired) electrons. The minimum atomic E-state index is -0.806. The molecule has 0 unspecified atom stereocenters. The van der Waals surface area contributed by atoms with Crippen molar-refractivity contribution in [1.29, 1.82) is 0 Å². The van der Waals surface area contributed by atoms with E-state index in [1.807, 2.05) is 0 Å². The summed E-state index contributed by atoms with van der Waals surface area (Å²) in [6.07, 6.45) is 1.22. The third kappa shape index (κ3) is 2.25. The summed E-state index contributed by atoms with van der Waals surface area (Å²) in [4.78, 5) is 13.2. The first-order chi connectivity index (χ1) is 7.66. The first-order valence-electron chi connectivity index (χ1n) is 4.71. The first kappa shape index (κ1) is 10.7. The van der Waals surface area contributed by atoms with Gasteiger partial charge in [0, 0.05) is 12.5 Å². The first-order valence-corrected chi connectivity index (χ1v) is 4.71. The van der Waals surface area contributed by atoms with Crippen LogP contribution in [0.15, 0.2) is 12.3 Å². The van der Waals surface area contributed by atoms with E-state index < -0.39 is 10.9 Å². The Morgan fingerprint density at radius 1 is 1.69 bits per heavy atom. The molecule has 16 heavy (non-hydrogen) atoms. The summed E-state index contributed by atoms with van der Waals surface area (Å²) < 4.78 is 23.2. The van der Waals surface area contributed by atoms with Gasteiger partial charge in [0.15, 0.2) is 0 Å². The maximum Gasteiger partial charge on any atom is 0.329 e. The Balaban J connectivity index is 2.22. The van der Waals surface area contributed by atoms with E-state index in [0.717, 1.165) is 12.3 Å². The second kappa shape index (κ2) is 4.40. The van der Waals surface area contributed by atoms with Gasteiger partial charge >= 0.3 is 5.69 Å². The minimum Gasteiger partial charge on any atom is -0.481 e. The molecule has 0 amide bonds. The molecule has 1 aliphatic heterocycles. The summed E-state index contributed by atoms with van der Waals surface area (Å²) in [5.74, 6) is -0.910. The van der Waals surface area contributed by atoms with Crippen LogP contribution >= 0.6 is 0 Å². The Kier molecular flexibility index (Phi) is 2.95. The van der Waals surface area contributed by atoms with Crippen LogP contribution in [0.5, 0.6) is 5.75 Å². The zero-order chi connectivity index (χ0) is 11.5. The van der Waals surface area contributed by atoms with E-state index in [9.17, 15) is 14.5 Å². The van der Waals surface area contributed by atoms with Crippen molar-refractivity contribution in [3.05, 3.63) is 28.3 Å². The lowest BCUT2D eigenvalue weighted by Gasteiger charge is -2.11. The fourth-order valence-electron chi connectivity index (χ4n) is 1.42. The standard InChI is InChI=1S/C9H9FN2O4/c10-9-3-8(7(4-11-9)12(13)14)16-6-1-2-15-5-6/h3-4,6H,1-2,5H2/t6-/m0/s1. The van der Waals surface area contributed by atoms with E-state index in [4.69, 9.17) is 9.47 Å². The molecule has 1 saturated heterocycles. The van der Waals surface area contributed by atoms with Crippen LogP contribution in [0.3, 0.4) is 0 Å². The fourth-order valence-corrected chi connectivity index (χ4v) is 1.42. The summed E-state index contributed by atoms with van der Waals surface area (Å²) in [6, 6.07) is 0.913. The Morgan fingerprint density at radius 2 is 2.50 bits per heavy atom. The van der Waals surface area contributed by atoms with Gasteiger partial charge in [-0.15, -0.1) is 0 Å². The van der Waals surface area contributed by atoms with Gasteiger partial charge in [0.25, 0.3) is 0 Å². The summed E-state index contributed by atoms with van der Waals surface area (Å²) >= 11 is 0. The summed E-state index contributed by atoms with van der Waals surface area (Å²) in [5.41, 5.74) is -0.340. The summed E-state index contributed by atoms with van der Waals surface area (Å²) in [5, 5.41) is 10.6. The molecular weight excluding hydrogens is 219 g/mol. The molecule has 0 N–H and O–H groups in total. The predicted molar refractivity (Wildman–Crippen MR) is 50.7 cm³/mol. The smallest absolute Gasteiger partial charge is 0.329 e. The van der Waals surface area contributed by atoms with Crippen molar-refractivity contribution < 1.29 is 18.8 Å². The SMILES string of the molecule is O=[N+]([O-])c1cnc(F)cc1O[C@H]1CCOC1. The molecule has 0 spiro atoms. The highest BCUT2D eigenvalue weighted by atomic mass is 19.1. The van der Waals surface area contributed by atoms with Crippen LogP contribution in [-0.2, 0) is 4.74 Å². The number of nitro groups is 1. The van der Waals surface area contributed by atoms with Crippen molar-refractivity contribution in [2.24, 2.45) is 0 Å². The van der Waals surface area contributed by atoms with E-state index in [-0.39, 0.29) is 17.5 Å². The molecule has 1 aromatic rings. The minimum absolute atomic E-state index is 0.104. The van der Waals surface area contributed by atoms with Crippen LogP contribution in [0.1, 0.15) is 6.42 Å². The van der Waals surface area contributed by atoms with E-state index in [0.29, 0.717) is 19.6 Å². The molecule has 7 heteroatoms. The Morgan fingerprint density at radius 3 is 3.12 bits per heavy atom. The van der Waals surface area contributed by atoms with Gasteiger partial charge in [0.1, 0.15) is 12.3 Å². The van der Waals surface area contributed by atoms with Crippen molar-refractivity contribution in [2.45, 2.75) is 12.5 Å². The topological polar surface area (TPSA) is 74.5 Å². The molecule has 0 saturated carbocycles. The van der Waals surface area contributed by atoms with Crippen LogP contribution in [0.25, 0.3) is 0 Å². The maximum atomic E-state index is 12.8. The van der Waals surface area contributed by atoms with Crippen LogP contribution in [0.2, 0.25) is 0 Å². The second-order valence-corrected chi connectivity index (χ2v) is 3.34. The van der Waals surface area contributed by atoms with Gasteiger partial charge in [-0.25, -0.2) is 4.98 Å². The average molecular weight is 228 g/mol. The van der Waals surface area contributed by atoms with E-state index in [2.05, 4.69) is 4.98 Å². The van der Waals surface area contributed by atoms with Crippen molar-refractivity contribution in [1.82, 2.24) is 4.98 Å². The third-order valence-corrected chi connectivity index (χ3v) is 2.19. The Hall–Kier alpha value is -1.76. The van der Waals surface area contributed by atoms with Crippen molar-refractivity contribution in [3.63, 3.8) is 0 Å². The highest BCUT2D eigenvalue weighted by Crippen LogP contribution is 2.28. The van der Waals surface area contributed by atoms with Gasteiger partial charge < -0.3 is 9.47 Å². The molecule has 2 heterocycles. The number of hydrogen-bond acceptors (Lipinski definition) is 5. The lowest BCUT2D eigenvalue weighted by molar-refractivity contribution is -0.386. The van der Waals surface area contributed by atoms with Gasteiger partial charge in [-0.1, -0.05) is 0 Å². The molecular formula is C9H9FN2O4. The number of ether oxygens (including phenoxy) is 2. The fraction of sp³-hybridized carbons (Fsp3) is 0.444. The second-order valence-electron chi connectivity index (χ2n) is 3.34. The van der Waals surface area contributed by atoms with Crippen LogP contribution in [0, 0.1) is 16.1 Å². The molecule has 6 nitrogen and oxygen atoms in total. The molecule has 2 rings (SSSR count). The van der Waals surface area contributed by atoms with E-state index in [1.54, 1.807) is 0 Å².